The van der Waals surface area contributed by atoms with E-state index in [4.69, 9.17) is 5.26 Å². The number of hydrogen-bond donors (Lipinski definition) is 2. The van der Waals surface area contributed by atoms with Gasteiger partial charge in [0.1, 0.15) is 0 Å². The summed E-state index contributed by atoms with van der Waals surface area (Å²) in [4.78, 5) is 27.8. The zero-order valence-electron chi connectivity index (χ0n) is 16.9. The lowest BCUT2D eigenvalue weighted by atomic mass is 9.95. The minimum atomic E-state index is -0.0682. The monoisotopic (exact) mass is 402 g/mol. The van der Waals surface area contributed by atoms with Crippen molar-refractivity contribution in [2.45, 2.75) is 44.6 Å². The van der Waals surface area contributed by atoms with Gasteiger partial charge in [-0.25, -0.2) is 0 Å². The molecule has 1 unspecified atom stereocenters. The number of benzene rings is 1. The Balaban J connectivity index is 1.79. The fourth-order valence-electron chi connectivity index (χ4n) is 3.06. The van der Waals surface area contributed by atoms with E-state index in [0.29, 0.717) is 18.2 Å². The van der Waals surface area contributed by atoms with E-state index < -0.39 is 0 Å². The number of likely N-dealkylation sites (tertiary alicyclic amines) is 1. The Morgan fingerprint density at radius 1 is 1.25 bits per heavy atom. The van der Waals surface area contributed by atoms with Crippen LogP contribution in [0.25, 0.3) is 0 Å². The van der Waals surface area contributed by atoms with Gasteiger partial charge in [0.25, 0.3) is 0 Å². The molecule has 28 heavy (non-hydrogen) atoms. The molecule has 2 N–H and O–H groups in total. The van der Waals surface area contributed by atoms with Gasteiger partial charge in [0, 0.05) is 16.9 Å². The number of anilines is 1. The number of para-hydroxylation sites is 1. The van der Waals surface area contributed by atoms with Crippen LogP contribution in [0.2, 0.25) is 0 Å². The average molecular weight is 403 g/mol. The summed E-state index contributed by atoms with van der Waals surface area (Å²) in [6.45, 7) is 8.04. The van der Waals surface area contributed by atoms with Gasteiger partial charge in [-0.3, -0.25) is 14.5 Å². The molecule has 1 aliphatic heterocycles. The molecular formula is C21H30N4O2S. The largest absolute Gasteiger partial charge is 0.353 e. The smallest absolute Gasteiger partial charge is 0.238 e. The molecule has 1 heterocycles. The molecule has 1 atom stereocenters. The van der Waals surface area contributed by atoms with Crippen LogP contribution in [0.3, 0.4) is 0 Å². The first-order chi connectivity index (χ1) is 13.4. The van der Waals surface area contributed by atoms with Gasteiger partial charge in [-0.05, 0) is 50.9 Å². The normalized spacial score (nSPS) is 16.4. The van der Waals surface area contributed by atoms with Crippen molar-refractivity contribution in [3.63, 3.8) is 0 Å². The molecule has 0 aliphatic carbocycles. The van der Waals surface area contributed by atoms with Gasteiger partial charge in [0.15, 0.2) is 0 Å². The minimum absolute atomic E-state index is 0.0311. The van der Waals surface area contributed by atoms with E-state index in [-0.39, 0.29) is 23.8 Å². The molecule has 2 rings (SSSR count). The van der Waals surface area contributed by atoms with E-state index in [9.17, 15) is 9.59 Å². The maximum absolute atomic E-state index is 12.4. The van der Waals surface area contributed by atoms with Crippen LogP contribution in [0, 0.1) is 23.2 Å². The Morgan fingerprint density at radius 3 is 2.57 bits per heavy atom. The van der Waals surface area contributed by atoms with E-state index in [0.717, 1.165) is 36.5 Å². The van der Waals surface area contributed by atoms with Crippen LogP contribution < -0.4 is 10.6 Å². The Kier molecular flexibility index (Phi) is 8.81. The molecule has 152 valence electrons. The van der Waals surface area contributed by atoms with Crippen LogP contribution in [0.5, 0.6) is 0 Å². The summed E-state index contributed by atoms with van der Waals surface area (Å²) in [6, 6.07) is 9.80. The van der Waals surface area contributed by atoms with Crippen molar-refractivity contribution in [1.82, 2.24) is 10.2 Å². The highest BCUT2D eigenvalue weighted by molar-refractivity contribution is 7.99. The van der Waals surface area contributed by atoms with Crippen molar-refractivity contribution < 1.29 is 9.59 Å². The third kappa shape index (κ3) is 6.84. The standard InChI is InChI=1S/C21H30N4O2S/c1-15(2)16(3)23-21(27)17-8-11-25(12-9-17)14-20(26)24-18-6-4-5-7-19(18)28-13-10-22/h4-7,15-17H,8-9,11-14H2,1-3H3,(H,23,27)(H,24,26). The molecule has 0 spiro atoms. The third-order valence-corrected chi connectivity index (χ3v) is 6.09. The number of nitrogens with zero attached hydrogens (tertiary/aromatic N) is 2. The summed E-state index contributed by atoms with van der Waals surface area (Å²) in [6.07, 6.45) is 1.55. The molecular weight excluding hydrogens is 372 g/mol. The van der Waals surface area contributed by atoms with Crippen LogP contribution >= 0.6 is 11.8 Å². The number of carbonyl (C=O) groups is 2. The highest BCUT2D eigenvalue weighted by Crippen LogP contribution is 2.26. The first-order valence-corrected chi connectivity index (χ1v) is 10.8. The van der Waals surface area contributed by atoms with Crippen LogP contribution in [-0.2, 0) is 9.59 Å². The highest BCUT2D eigenvalue weighted by atomic mass is 32.2. The van der Waals surface area contributed by atoms with E-state index >= 15 is 0 Å². The number of hydrogen-bond acceptors (Lipinski definition) is 5. The lowest BCUT2D eigenvalue weighted by Crippen LogP contribution is -2.45. The van der Waals surface area contributed by atoms with Crippen LogP contribution in [-0.4, -0.2) is 48.1 Å². The van der Waals surface area contributed by atoms with E-state index in [1.807, 2.05) is 31.2 Å². The Morgan fingerprint density at radius 2 is 1.93 bits per heavy atom. The van der Waals surface area contributed by atoms with Gasteiger partial charge in [-0.2, -0.15) is 5.26 Å². The van der Waals surface area contributed by atoms with Crippen molar-refractivity contribution in [2.24, 2.45) is 11.8 Å². The van der Waals surface area contributed by atoms with E-state index in [1.54, 1.807) is 0 Å². The summed E-state index contributed by atoms with van der Waals surface area (Å²) >= 11 is 1.41. The summed E-state index contributed by atoms with van der Waals surface area (Å²) in [5.41, 5.74) is 0.740. The fourth-order valence-corrected chi connectivity index (χ4v) is 3.73. The highest BCUT2D eigenvalue weighted by Gasteiger charge is 2.27. The zero-order chi connectivity index (χ0) is 20.5. The van der Waals surface area contributed by atoms with Gasteiger partial charge >= 0.3 is 0 Å². The molecule has 0 aromatic heterocycles. The molecule has 0 radical (unpaired) electrons. The number of nitrogens with one attached hydrogen (secondary N) is 2. The fraction of sp³-hybridized carbons (Fsp3) is 0.571. The van der Waals surface area contributed by atoms with Crippen molar-refractivity contribution in [3.8, 4) is 6.07 Å². The van der Waals surface area contributed by atoms with Crippen molar-refractivity contribution >= 4 is 29.3 Å². The van der Waals surface area contributed by atoms with E-state index in [1.165, 1.54) is 11.8 Å². The number of thioether (sulfide) groups is 1. The molecule has 1 aliphatic rings. The Hall–Kier alpha value is -2.04. The van der Waals surface area contributed by atoms with Crippen LogP contribution in [0.15, 0.2) is 29.2 Å². The van der Waals surface area contributed by atoms with Gasteiger partial charge in [-0.15, -0.1) is 11.8 Å². The number of carbonyl (C=O) groups excluding carboxylic acids is 2. The van der Waals surface area contributed by atoms with Gasteiger partial charge in [-0.1, -0.05) is 26.0 Å². The second-order valence-electron chi connectivity index (χ2n) is 7.58. The molecule has 0 saturated carbocycles. The van der Waals surface area contributed by atoms with Gasteiger partial charge < -0.3 is 10.6 Å². The first kappa shape index (κ1) is 22.3. The lowest BCUT2D eigenvalue weighted by Gasteiger charge is -2.31. The molecule has 7 heteroatoms. The molecule has 2 amide bonds. The quantitative estimate of drug-likeness (QED) is 0.653. The predicted molar refractivity (Wildman–Crippen MR) is 113 cm³/mol. The number of piperidine rings is 1. The maximum Gasteiger partial charge on any atom is 0.238 e. The predicted octanol–water partition coefficient (Wildman–Crippen LogP) is 3.11. The van der Waals surface area contributed by atoms with Crippen molar-refractivity contribution in [2.75, 3.05) is 30.7 Å². The first-order valence-electron chi connectivity index (χ1n) is 9.82. The minimum Gasteiger partial charge on any atom is -0.353 e. The van der Waals surface area contributed by atoms with Gasteiger partial charge in [0.2, 0.25) is 11.8 Å². The lowest BCUT2D eigenvalue weighted by molar-refractivity contribution is -0.127. The zero-order valence-corrected chi connectivity index (χ0v) is 17.7. The second-order valence-corrected chi connectivity index (χ2v) is 8.60. The molecule has 1 aromatic carbocycles. The number of rotatable bonds is 8. The third-order valence-electron chi connectivity index (χ3n) is 5.15. The summed E-state index contributed by atoms with van der Waals surface area (Å²) in [5, 5.41) is 14.8. The molecule has 1 aromatic rings. The summed E-state index contributed by atoms with van der Waals surface area (Å²) in [5.74, 6) is 0.860. The number of nitriles is 1. The Labute approximate surface area is 172 Å². The summed E-state index contributed by atoms with van der Waals surface area (Å²) < 4.78 is 0. The van der Waals surface area contributed by atoms with Crippen LogP contribution in [0.4, 0.5) is 5.69 Å². The Bertz CT molecular complexity index is 709. The molecule has 1 saturated heterocycles. The van der Waals surface area contributed by atoms with E-state index in [2.05, 4.69) is 35.5 Å². The topological polar surface area (TPSA) is 85.2 Å². The van der Waals surface area contributed by atoms with Crippen molar-refractivity contribution in [3.05, 3.63) is 24.3 Å². The summed E-state index contributed by atoms with van der Waals surface area (Å²) in [7, 11) is 0. The van der Waals surface area contributed by atoms with Crippen LogP contribution in [0.1, 0.15) is 33.6 Å². The molecule has 1 fully saturated rings. The number of amides is 2. The molecule has 0 bridgehead atoms. The molecule has 6 nitrogen and oxygen atoms in total. The van der Waals surface area contributed by atoms with Gasteiger partial charge in [0.05, 0.1) is 24.1 Å². The SMILES string of the molecule is CC(C)C(C)NC(=O)C1CCN(CC(=O)Nc2ccccc2SCC#N)CC1. The van der Waals surface area contributed by atoms with Crippen molar-refractivity contribution in [1.29, 1.82) is 5.26 Å². The maximum atomic E-state index is 12.4. The average Bonchev–Trinajstić information content (AvgIpc) is 2.67. The second kappa shape index (κ2) is 11.1.